The SMILES string of the molecule is CCOC(C)(CC)c1nc(CNC(C)C)cs1. The average Bonchev–Trinajstić information content (AvgIpc) is 2.75. The zero-order valence-corrected chi connectivity index (χ0v) is 12.4. The predicted octanol–water partition coefficient (Wildman–Crippen LogP) is 3.30. The van der Waals surface area contributed by atoms with Crippen LogP contribution < -0.4 is 5.32 Å². The van der Waals surface area contributed by atoms with Crippen molar-refractivity contribution in [2.75, 3.05) is 6.61 Å². The zero-order chi connectivity index (χ0) is 12.9. The first-order chi connectivity index (χ1) is 8.01. The Morgan fingerprint density at radius 1 is 1.47 bits per heavy atom. The van der Waals surface area contributed by atoms with Crippen molar-refractivity contribution in [1.82, 2.24) is 10.3 Å². The van der Waals surface area contributed by atoms with Crippen molar-refractivity contribution in [2.45, 2.75) is 59.2 Å². The monoisotopic (exact) mass is 256 g/mol. The summed E-state index contributed by atoms with van der Waals surface area (Å²) < 4.78 is 5.83. The van der Waals surface area contributed by atoms with Gasteiger partial charge >= 0.3 is 0 Å². The lowest BCUT2D eigenvalue weighted by atomic mass is 10.0. The van der Waals surface area contributed by atoms with E-state index in [4.69, 9.17) is 4.74 Å². The van der Waals surface area contributed by atoms with Gasteiger partial charge in [-0.05, 0) is 20.3 Å². The van der Waals surface area contributed by atoms with Crippen LogP contribution in [0.4, 0.5) is 0 Å². The summed E-state index contributed by atoms with van der Waals surface area (Å²) in [5, 5.41) is 6.59. The second-order valence-corrected chi connectivity index (χ2v) is 5.56. The maximum absolute atomic E-state index is 5.83. The van der Waals surface area contributed by atoms with Gasteiger partial charge in [0.25, 0.3) is 0 Å². The van der Waals surface area contributed by atoms with E-state index in [1.165, 1.54) is 0 Å². The van der Waals surface area contributed by atoms with Gasteiger partial charge in [-0.25, -0.2) is 4.98 Å². The maximum Gasteiger partial charge on any atom is 0.125 e. The van der Waals surface area contributed by atoms with E-state index < -0.39 is 0 Å². The van der Waals surface area contributed by atoms with Gasteiger partial charge in [-0.2, -0.15) is 0 Å². The number of hydrogen-bond donors (Lipinski definition) is 1. The summed E-state index contributed by atoms with van der Waals surface area (Å²) in [5.41, 5.74) is 0.883. The second kappa shape index (κ2) is 6.47. The summed E-state index contributed by atoms with van der Waals surface area (Å²) in [6, 6.07) is 0.490. The van der Waals surface area contributed by atoms with Crippen LogP contribution in [-0.4, -0.2) is 17.6 Å². The summed E-state index contributed by atoms with van der Waals surface area (Å²) in [7, 11) is 0. The lowest BCUT2D eigenvalue weighted by molar-refractivity contribution is -0.0325. The van der Waals surface area contributed by atoms with Gasteiger partial charge in [0, 0.05) is 24.6 Å². The molecule has 0 aromatic carbocycles. The van der Waals surface area contributed by atoms with Gasteiger partial charge in [0.05, 0.1) is 5.69 Å². The molecule has 1 N–H and O–H groups in total. The molecule has 0 fully saturated rings. The van der Waals surface area contributed by atoms with Crippen molar-refractivity contribution < 1.29 is 4.74 Å². The Bertz CT molecular complexity index is 338. The third-order valence-electron chi connectivity index (χ3n) is 2.83. The number of hydrogen-bond acceptors (Lipinski definition) is 4. The molecule has 4 heteroatoms. The molecule has 1 atom stereocenters. The van der Waals surface area contributed by atoms with Crippen molar-refractivity contribution in [2.24, 2.45) is 0 Å². The molecule has 17 heavy (non-hydrogen) atoms. The first-order valence-corrected chi connectivity index (χ1v) is 7.22. The van der Waals surface area contributed by atoms with Crippen LogP contribution in [-0.2, 0) is 16.9 Å². The molecule has 0 saturated carbocycles. The van der Waals surface area contributed by atoms with Gasteiger partial charge in [-0.15, -0.1) is 11.3 Å². The maximum atomic E-state index is 5.83. The van der Waals surface area contributed by atoms with Crippen LogP contribution >= 0.6 is 11.3 Å². The van der Waals surface area contributed by atoms with Crippen molar-refractivity contribution in [3.05, 3.63) is 16.1 Å². The Hall–Kier alpha value is -0.450. The second-order valence-electron chi connectivity index (χ2n) is 4.70. The predicted molar refractivity (Wildman–Crippen MR) is 73.4 cm³/mol. The van der Waals surface area contributed by atoms with Crippen molar-refractivity contribution >= 4 is 11.3 Å². The number of nitrogens with zero attached hydrogens (tertiary/aromatic N) is 1. The normalized spacial score (nSPS) is 15.2. The molecule has 0 bridgehead atoms. The van der Waals surface area contributed by atoms with E-state index in [9.17, 15) is 0 Å². The minimum atomic E-state index is -0.227. The van der Waals surface area contributed by atoms with E-state index in [2.05, 4.69) is 43.4 Å². The molecule has 0 spiro atoms. The van der Waals surface area contributed by atoms with Crippen LogP contribution in [0.2, 0.25) is 0 Å². The molecular weight excluding hydrogens is 232 g/mol. The highest BCUT2D eigenvalue weighted by atomic mass is 32.1. The van der Waals surface area contributed by atoms with Gasteiger partial charge < -0.3 is 10.1 Å². The highest BCUT2D eigenvalue weighted by molar-refractivity contribution is 7.09. The first kappa shape index (κ1) is 14.6. The summed E-state index contributed by atoms with van der Waals surface area (Å²) in [6.45, 7) is 12.1. The van der Waals surface area contributed by atoms with Crippen LogP contribution in [0.1, 0.15) is 51.7 Å². The number of rotatable bonds is 7. The molecule has 1 heterocycles. The van der Waals surface area contributed by atoms with Crippen molar-refractivity contribution in [1.29, 1.82) is 0 Å². The Kier molecular flexibility index (Phi) is 5.56. The van der Waals surface area contributed by atoms with E-state index in [1.54, 1.807) is 11.3 Å². The largest absolute Gasteiger partial charge is 0.368 e. The molecule has 1 unspecified atom stereocenters. The van der Waals surface area contributed by atoms with Crippen LogP contribution in [0, 0.1) is 0 Å². The first-order valence-electron chi connectivity index (χ1n) is 6.34. The summed E-state index contributed by atoms with van der Waals surface area (Å²) in [5.74, 6) is 0. The fourth-order valence-corrected chi connectivity index (χ4v) is 2.58. The molecule has 0 aliphatic heterocycles. The fraction of sp³-hybridized carbons (Fsp3) is 0.769. The molecule has 0 radical (unpaired) electrons. The molecule has 0 aliphatic carbocycles. The summed E-state index contributed by atoms with van der Waals surface area (Å²) >= 11 is 1.70. The molecule has 0 aliphatic rings. The molecule has 98 valence electrons. The van der Waals surface area contributed by atoms with Crippen molar-refractivity contribution in [3.63, 3.8) is 0 Å². The molecule has 0 saturated heterocycles. The molecule has 1 aromatic heterocycles. The minimum Gasteiger partial charge on any atom is -0.368 e. The van der Waals surface area contributed by atoms with Crippen molar-refractivity contribution in [3.8, 4) is 0 Å². The number of thiazole rings is 1. The average molecular weight is 256 g/mol. The minimum absolute atomic E-state index is 0.227. The van der Waals surface area contributed by atoms with Crippen LogP contribution in [0.3, 0.4) is 0 Å². The number of aromatic nitrogens is 1. The van der Waals surface area contributed by atoms with Gasteiger partial charge in [0.2, 0.25) is 0 Å². The van der Waals surface area contributed by atoms with E-state index in [-0.39, 0.29) is 5.60 Å². The van der Waals surface area contributed by atoms with Crippen LogP contribution in [0.15, 0.2) is 5.38 Å². The lowest BCUT2D eigenvalue weighted by Crippen LogP contribution is -2.25. The summed E-state index contributed by atoms with van der Waals surface area (Å²) in [4.78, 5) is 4.67. The zero-order valence-electron chi connectivity index (χ0n) is 11.5. The van der Waals surface area contributed by atoms with Crippen LogP contribution in [0.25, 0.3) is 0 Å². The molecular formula is C13H24N2OS. The van der Waals surface area contributed by atoms with E-state index in [0.29, 0.717) is 6.04 Å². The smallest absolute Gasteiger partial charge is 0.125 e. The quantitative estimate of drug-likeness (QED) is 0.812. The summed E-state index contributed by atoms with van der Waals surface area (Å²) in [6.07, 6.45) is 0.950. The highest BCUT2D eigenvalue weighted by Gasteiger charge is 2.28. The van der Waals surface area contributed by atoms with Gasteiger partial charge in [-0.1, -0.05) is 20.8 Å². The van der Waals surface area contributed by atoms with Gasteiger partial charge in [0.15, 0.2) is 0 Å². The Labute approximate surface area is 109 Å². The van der Waals surface area contributed by atoms with Gasteiger partial charge in [0.1, 0.15) is 10.6 Å². The van der Waals surface area contributed by atoms with Gasteiger partial charge in [-0.3, -0.25) is 0 Å². The molecule has 1 aromatic rings. The lowest BCUT2D eigenvalue weighted by Gasteiger charge is -2.25. The molecule has 3 nitrogen and oxygen atoms in total. The van der Waals surface area contributed by atoms with E-state index in [0.717, 1.165) is 30.3 Å². The van der Waals surface area contributed by atoms with E-state index in [1.807, 2.05) is 6.92 Å². The number of nitrogens with one attached hydrogen (secondary N) is 1. The Balaban J connectivity index is 2.71. The van der Waals surface area contributed by atoms with Crippen LogP contribution in [0.5, 0.6) is 0 Å². The molecule has 0 amide bonds. The standard InChI is InChI=1S/C13H24N2OS/c1-6-13(5,16-7-2)12-15-11(9-17-12)8-14-10(3)4/h9-10,14H,6-8H2,1-5H3. The molecule has 1 rings (SSSR count). The highest BCUT2D eigenvalue weighted by Crippen LogP contribution is 2.31. The third-order valence-corrected chi connectivity index (χ3v) is 3.97. The Morgan fingerprint density at radius 3 is 2.71 bits per heavy atom. The number of ether oxygens (including phenoxy) is 1. The van der Waals surface area contributed by atoms with E-state index >= 15 is 0 Å². The third kappa shape index (κ3) is 4.05. The fourth-order valence-electron chi connectivity index (χ4n) is 1.57. The Morgan fingerprint density at radius 2 is 2.18 bits per heavy atom. The topological polar surface area (TPSA) is 34.1 Å².